The average Bonchev–Trinajstić information content (AvgIpc) is 2.61. The number of aromatic nitrogens is 2. The van der Waals surface area contributed by atoms with Crippen LogP contribution in [0.15, 0.2) is 6.07 Å². The number of ether oxygens (including phenoxy) is 1. The molecule has 0 atom stereocenters. The van der Waals surface area contributed by atoms with Crippen LogP contribution in [-0.4, -0.2) is 84.6 Å². The third-order valence-corrected chi connectivity index (χ3v) is 4.13. The van der Waals surface area contributed by atoms with E-state index in [0.29, 0.717) is 50.9 Å². The number of carbonyl (C=O) groups excluding carboxylic acids is 2. The lowest BCUT2D eigenvalue weighted by Gasteiger charge is -2.32. The van der Waals surface area contributed by atoms with E-state index in [4.69, 9.17) is 4.74 Å². The van der Waals surface area contributed by atoms with Crippen molar-refractivity contribution in [3.63, 3.8) is 0 Å². The number of amides is 2. The lowest BCUT2D eigenvalue weighted by Crippen LogP contribution is -2.48. The van der Waals surface area contributed by atoms with Gasteiger partial charge in [-0.3, -0.25) is 9.59 Å². The highest BCUT2D eigenvalue weighted by Crippen LogP contribution is 2.16. The number of anilines is 1. The Balaban J connectivity index is 1.75. The van der Waals surface area contributed by atoms with Gasteiger partial charge in [0.2, 0.25) is 6.41 Å². The summed E-state index contributed by atoms with van der Waals surface area (Å²) >= 11 is 0. The van der Waals surface area contributed by atoms with Crippen molar-refractivity contribution >= 4 is 18.1 Å². The van der Waals surface area contributed by atoms with E-state index in [1.165, 1.54) is 0 Å². The van der Waals surface area contributed by atoms with Gasteiger partial charge < -0.3 is 19.4 Å². The fraction of sp³-hybridized carbons (Fsp3) is 0.600. The van der Waals surface area contributed by atoms with Crippen LogP contribution in [0, 0.1) is 6.92 Å². The minimum absolute atomic E-state index is 0.101. The molecule has 1 aromatic heterocycles. The van der Waals surface area contributed by atoms with Crippen LogP contribution in [0.4, 0.5) is 5.82 Å². The Morgan fingerprint density at radius 1 is 1.13 bits per heavy atom. The molecule has 8 heteroatoms. The van der Waals surface area contributed by atoms with Gasteiger partial charge in [-0.05, 0) is 6.92 Å². The van der Waals surface area contributed by atoms with Crippen molar-refractivity contribution < 1.29 is 14.3 Å². The number of morpholine rings is 1. The zero-order chi connectivity index (χ0) is 16.2. The van der Waals surface area contributed by atoms with Gasteiger partial charge in [0.25, 0.3) is 5.91 Å². The van der Waals surface area contributed by atoms with Gasteiger partial charge in [-0.2, -0.15) is 0 Å². The first-order valence-electron chi connectivity index (χ1n) is 7.84. The maximum atomic E-state index is 12.7. The summed E-state index contributed by atoms with van der Waals surface area (Å²) in [6.45, 7) is 6.86. The van der Waals surface area contributed by atoms with Gasteiger partial charge in [0.05, 0.1) is 13.2 Å². The summed E-state index contributed by atoms with van der Waals surface area (Å²) in [5, 5.41) is 0. The topological polar surface area (TPSA) is 78.9 Å². The minimum Gasteiger partial charge on any atom is -0.378 e. The van der Waals surface area contributed by atoms with Gasteiger partial charge in [0.1, 0.15) is 17.3 Å². The number of aryl methyl sites for hydroxylation is 1. The van der Waals surface area contributed by atoms with Crippen LogP contribution in [-0.2, 0) is 9.53 Å². The van der Waals surface area contributed by atoms with Crippen molar-refractivity contribution in [3.05, 3.63) is 17.6 Å². The summed E-state index contributed by atoms with van der Waals surface area (Å²) in [7, 11) is 0. The molecular formula is C15H21N5O3. The van der Waals surface area contributed by atoms with Gasteiger partial charge in [-0.1, -0.05) is 0 Å². The van der Waals surface area contributed by atoms with E-state index in [0.717, 1.165) is 25.3 Å². The first-order chi connectivity index (χ1) is 11.2. The van der Waals surface area contributed by atoms with Crippen LogP contribution < -0.4 is 4.90 Å². The molecule has 3 heterocycles. The highest BCUT2D eigenvalue weighted by molar-refractivity contribution is 5.93. The van der Waals surface area contributed by atoms with E-state index >= 15 is 0 Å². The molecular weight excluding hydrogens is 298 g/mol. The van der Waals surface area contributed by atoms with Crippen LogP contribution >= 0.6 is 0 Å². The Kier molecular flexibility index (Phi) is 4.71. The Bertz CT molecular complexity index is 580. The first kappa shape index (κ1) is 15.7. The Labute approximate surface area is 135 Å². The molecule has 0 unspecified atom stereocenters. The molecule has 1 aromatic rings. The molecule has 0 aliphatic carbocycles. The second kappa shape index (κ2) is 6.91. The van der Waals surface area contributed by atoms with Gasteiger partial charge in [-0.15, -0.1) is 0 Å². The second-order valence-electron chi connectivity index (χ2n) is 5.69. The molecule has 0 radical (unpaired) electrons. The number of nitrogens with zero attached hydrogens (tertiary/aromatic N) is 5. The molecule has 0 N–H and O–H groups in total. The normalized spacial score (nSPS) is 18.9. The van der Waals surface area contributed by atoms with Crippen molar-refractivity contribution in [1.29, 1.82) is 0 Å². The summed E-state index contributed by atoms with van der Waals surface area (Å²) < 4.78 is 5.35. The smallest absolute Gasteiger partial charge is 0.272 e. The zero-order valence-electron chi connectivity index (χ0n) is 13.3. The maximum Gasteiger partial charge on any atom is 0.272 e. The van der Waals surface area contributed by atoms with E-state index in [1.807, 2.05) is 0 Å². The van der Waals surface area contributed by atoms with Gasteiger partial charge in [-0.25, -0.2) is 9.97 Å². The summed E-state index contributed by atoms with van der Waals surface area (Å²) in [6, 6.07) is 1.76. The predicted molar refractivity (Wildman–Crippen MR) is 83.3 cm³/mol. The largest absolute Gasteiger partial charge is 0.378 e. The fourth-order valence-electron chi connectivity index (χ4n) is 2.81. The summed E-state index contributed by atoms with van der Waals surface area (Å²) in [6.07, 6.45) is 0.827. The maximum absolute atomic E-state index is 12.7. The number of rotatable bonds is 3. The molecule has 2 aliphatic rings. The molecule has 124 valence electrons. The minimum atomic E-state index is -0.101. The molecule has 2 amide bonds. The van der Waals surface area contributed by atoms with E-state index in [-0.39, 0.29) is 5.91 Å². The quantitative estimate of drug-likeness (QED) is 0.701. The van der Waals surface area contributed by atoms with Crippen LogP contribution in [0.3, 0.4) is 0 Å². The van der Waals surface area contributed by atoms with Crippen molar-refractivity contribution in [1.82, 2.24) is 19.8 Å². The monoisotopic (exact) mass is 319 g/mol. The molecule has 2 fully saturated rings. The zero-order valence-corrected chi connectivity index (χ0v) is 13.3. The van der Waals surface area contributed by atoms with E-state index < -0.39 is 0 Å². The highest BCUT2D eigenvalue weighted by atomic mass is 16.5. The lowest BCUT2D eigenvalue weighted by atomic mass is 10.2. The summed E-state index contributed by atoms with van der Waals surface area (Å²) in [5.74, 6) is 1.26. The van der Waals surface area contributed by atoms with E-state index in [1.54, 1.807) is 22.8 Å². The standard InChI is InChI=1S/C15H21N5O3/c1-12-16-13(10-14(17-12)19-6-8-23-9-7-19)15(22)20-4-2-18(11-21)3-5-20/h10-11H,2-9H2,1H3. The van der Waals surface area contributed by atoms with Crippen molar-refractivity contribution in [2.75, 3.05) is 57.4 Å². The molecule has 2 saturated heterocycles. The Hall–Kier alpha value is -2.22. The Morgan fingerprint density at radius 3 is 2.48 bits per heavy atom. The molecule has 0 saturated carbocycles. The van der Waals surface area contributed by atoms with Crippen molar-refractivity contribution in [3.8, 4) is 0 Å². The number of piperazine rings is 1. The number of hydrogen-bond donors (Lipinski definition) is 0. The average molecular weight is 319 g/mol. The fourth-order valence-corrected chi connectivity index (χ4v) is 2.81. The second-order valence-corrected chi connectivity index (χ2v) is 5.69. The first-order valence-corrected chi connectivity index (χ1v) is 7.84. The van der Waals surface area contributed by atoms with E-state index in [2.05, 4.69) is 14.9 Å². The predicted octanol–water partition coefficient (Wildman–Crippen LogP) is -0.464. The molecule has 0 spiro atoms. The number of hydrogen-bond acceptors (Lipinski definition) is 6. The van der Waals surface area contributed by atoms with Crippen LogP contribution in [0.5, 0.6) is 0 Å². The van der Waals surface area contributed by atoms with Gasteiger partial charge in [0.15, 0.2) is 0 Å². The van der Waals surface area contributed by atoms with Crippen molar-refractivity contribution in [2.24, 2.45) is 0 Å². The van der Waals surface area contributed by atoms with Gasteiger partial charge in [0, 0.05) is 45.3 Å². The third-order valence-electron chi connectivity index (χ3n) is 4.13. The molecule has 0 aromatic carbocycles. The summed E-state index contributed by atoms with van der Waals surface area (Å²) in [5.41, 5.74) is 0.415. The SMILES string of the molecule is Cc1nc(C(=O)N2CCN(C=O)CC2)cc(N2CCOCC2)n1. The number of carbonyl (C=O) groups is 2. The van der Waals surface area contributed by atoms with Crippen LogP contribution in [0.25, 0.3) is 0 Å². The van der Waals surface area contributed by atoms with Crippen LogP contribution in [0.2, 0.25) is 0 Å². The van der Waals surface area contributed by atoms with Crippen LogP contribution in [0.1, 0.15) is 16.3 Å². The van der Waals surface area contributed by atoms with Gasteiger partial charge >= 0.3 is 0 Å². The molecule has 3 rings (SSSR count). The third kappa shape index (κ3) is 3.58. The molecule has 8 nitrogen and oxygen atoms in total. The highest BCUT2D eigenvalue weighted by Gasteiger charge is 2.24. The lowest BCUT2D eigenvalue weighted by molar-refractivity contribution is -0.119. The Morgan fingerprint density at radius 2 is 1.83 bits per heavy atom. The molecule has 0 bridgehead atoms. The molecule has 2 aliphatic heterocycles. The summed E-state index contributed by atoms with van der Waals surface area (Å²) in [4.78, 5) is 37.7. The van der Waals surface area contributed by atoms with E-state index in [9.17, 15) is 9.59 Å². The van der Waals surface area contributed by atoms with Crippen molar-refractivity contribution in [2.45, 2.75) is 6.92 Å². The molecule has 23 heavy (non-hydrogen) atoms.